The van der Waals surface area contributed by atoms with E-state index in [-0.39, 0.29) is 6.04 Å². The van der Waals surface area contributed by atoms with Crippen LogP contribution in [0.4, 0.5) is 5.69 Å². The van der Waals surface area contributed by atoms with E-state index in [2.05, 4.69) is 60.2 Å². The fourth-order valence-electron chi connectivity index (χ4n) is 2.15. The van der Waals surface area contributed by atoms with Crippen molar-refractivity contribution in [1.29, 1.82) is 0 Å². The van der Waals surface area contributed by atoms with Crippen LogP contribution < -0.4 is 5.32 Å². The largest absolute Gasteiger partial charge is 0.377 e. The van der Waals surface area contributed by atoms with Crippen LogP contribution in [0.15, 0.2) is 40.9 Å². The molecule has 3 heteroatoms. The number of hydrogen-bond donors (Lipinski definition) is 1. The zero-order valence-corrected chi connectivity index (χ0v) is 13.6. The van der Waals surface area contributed by atoms with Crippen LogP contribution in [-0.4, -0.2) is 0 Å². The lowest BCUT2D eigenvalue weighted by molar-refractivity contribution is 0.872. The quantitative estimate of drug-likeness (QED) is 0.735. The van der Waals surface area contributed by atoms with Gasteiger partial charge in [0.15, 0.2) is 0 Å². The summed E-state index contributed by atoms with van der Waals surface area (Å²) in [6.07, 6.45) is 0. The normalized spacial score (nSPS) is 12.3. The van der Waals surface area contributed by atoms with Gasteiger partial charge in [-0.2, -0.15) is 0 Å². The highest BCUT2D eigenvalue weighted by atomic mass is 79.9. The van der Waals surface area contributed by atoms with Gasteiger partial charge < -0.3 is 5.32 Å². The van der Waals surface area contributed by atoms with Crippen LogP contribution >= 0.6 is 27.5 Å². The van der Waals surface area contributed by atoms with E-state index in [1.165, 1.54) is 16.7 Å². The van der Waals surface area contributed by atoms with Crippen molar-refractivity contribution in [3.8, 4) is 0 Å². The van der Waals surface area contributed by atoms with Gasteiger partial charge in [-0.1, -0.05) is 51.3 Å². The maximum atomic E-state index is 6.22. The van der Waals surface area contributed by atoms with Gasteiger partial charge in [-0.3, -0.25) is 0 Å². The van der Waals surface area contributed by atoms with Gasteiger partial charge in [-0.25, -0.2) is 0 Å². The van der Waals surface area contributed by atoms with Gasteiger partial charge in [0, 0.05) is 10.5 Å². The van der Waals surface area contributed by atoms with Gasteiger partial charge in [-0.05, 0) is 50.1 Å². The fourth-order valence-corrected chi connectivity index (χ4v) is 2.68. The predicted octanol–water partition coefficient (Wildman–Crippen LogP) is 5.89. The number of anilines is 1. The highest BCUT2D eigenvalue weighted by Crippen LogP contribution is 2.30. The van der Waals surface area contributed by atoms with E-state index in [0.29, 0.717) is 0 Å². The third kappa shape index (κ3) is 3.52. The molecule has 19 heavy (non-hydrogen) atoms. The molecule has 0 fully saturated rings. The summed E-state index contributed by atoms with van der Waals surface area (Å²) in [4.78, 5) is 0. The average molecular weight is 339 g/mol. The summed E-state index contributed by atoms with van der Waals surface area (Å²) in [5.41, 5.74) is 4.81. The summed E-state index contributed by atoms with van der Waals surface area (Å²) in [6, 6.07) is 12.6. The molecule has 0 aromatic heterocycles. The first-order chi connectivity index (χ1) is 8.97. The third-order valence-electron chi connectivity index (χ3n) is 3.20. The minimum Gasteiger partial charge on any atom is -0.377 e. The lowest BCUT2D eigenvalue weighted by Gasteiger charge is -2.19. The Hall–Kier alpha value is -0.990. The van der Waals surface area contributed by atoms with E-state index in [1.807, 2.05) is 18.2 Å². The standard InChI is InChI=1S/C16H17BrClN/c1-10-4-5-11(2)14(8-10)12(3)19-16-9-13(17)6-7-15(16)18/h4-9,12,19H,1-3H3. The number of benzene rings is 2. The Morgan fingerprint density at radius 1 is 1.11 bits per heavy atom. The molecule has 0 spiro atoms. The van der Waals surface area contributed by atoms with Crippen LogP contribution in [-0.2, 0) is 0 Å². The van der Waals surface area contributed by atoms with Crippen LogP contribution in [0.3, 0.4) is 0 Å². The summed E-state index contributed by atoms with van der Waals surface area (Å²) >= 11 is 9.69. The summed E-state index contributed by atoms with van der Waals surface area (Å²) in [5.74, 6) is 0. The second kappa shape index (κ2) is 5.98. The highest BCUT2D eigenvalue weighted by molar-refractivity contribution is 9.10. The molecule has 0 radical (unpaired) electrons. The van der Waals surface area contributed by atoms with E-state index < -0.39 is 0 Å². The Kier molecular flexibility index (Phi) is 4.54. The molecule has 100 valence electrons. The van der Waals surface area contributed by atoms with E-state index in [9.17, 15) is 0 Å². The average Bonchev–Trinajstić information content (AvgIpc) is 2.36. The van der Waals surface area contributed by atoms with Crippen molar-refractivity contribution in [1.82, 2.24) is 0 Å². The fraction of sp³-hybridized carbons (Fsp3) is 0.250. The van der Waals surface area contributed by atoms with Crippen LogP contribution in [0.2, 0.25) is 5.02 Å². The van der Waals surface area contributed by atoms with E-state index in [1.54, 1.807) is 0 Å². The Morgan fingerprint density at radius 2 is 1.84 bits per heavy atom. The molecular weight excluding hydrogens is 322 g/mol. The van der Waals surface area contributed by atoms with E-state index in [4.69, 9.17) is 11.6 Å². The summed E-state index contributed by atoms with van der Waals surface area (Å²) < 4.78 is 1.02. The first-order valence-corrected chi connectivity index (χ1v) is 7.43. The number of aryl methyl sites for hydroxylation is 2. The van der Waals surface area contributed by atoms with Gasteiger partial charge >= 0.3 is 0 Å². The van der Waals surface area contributed by atoms with Gasteiger partial charge in [0.05, 0.1) is 10.7 Å². The van der Waals surface area contributed by atoms with Crippen LogP contribution in [0.5, 0.6) is 0 Å². The Balaban J connectivity index is 2.27. The SMILES string of the molecule is Cc1ccc(C)c(C(C)Nc2cc(Br)ccc2Cl)c1. The molecular formula is C16H17BrClN. The number of hydrogen-bond acceptors (Lipinski definition) is 1. The number of rotatable bonds is 3. The maximum Gasteiger partial charge on any atom is 0.0638 e. The Bertz CT molecular complexity index is 595. The minimum atomic E-state index is 0.215. The van der Waals surface area contributed by atoms with Crippen molar-refractivity contribution in [3.63, 3.8) is 0 Å². The van der Waals surface area contributed by atoms with Crippen molar-refractivity contribution >= 4 is 33.2 Å². The first kappa shape index (κ1) is 14.4. The molecule has 1 N–H and O–H groups in total. The van der Waals surface area contributed by atoms with E-state index in [0.717, 1.165) is 15.2 Å². The molecule has 2 rings (SSSR count). The lowest BCUT2D eigenvalue weighted by atomic mass is 10.00. The Labute approximate surface area is 128 Å². The predicted molar refractivity (Wildman–Crippen MR) is 87.1 cm³/mol. The van der Waals surface area contributed by atoms with Crippen LogP contribution in [0.1, 0.15) is 29.7 Å². The smallest absolute Gasteiger partial charge is 0.0638 e. The lowest BCUT2D eigenvalue weighted by Crippen LogP contribution is -2.08. The molecule has 0 bridgehead atoms. The molecule has 1 atom stereocenters. The highest BCUT2D eigenvalue weighted by Gasteiger charge is 2.10. The van der Waals surface area contributed by atoms with Crippen molar-refractivity contribution in [2.24, 2.45) is 0 Å². The van der Waals surface area contributed by atoms with Crippen molar-refractivity contribution in [3.05, 3.63) is 62.6 Å². The van der Waals surface area contributed by atoms with Crippen LogP contribution in [0, 0.1) is 13.8 Å². The minimum absolute atomic E-state index is 0.215. The summed E-state index contributed by atoms with van der Waals surface area (Å²) in [6.45, 7) is 6.40. The molecule has 0 amide bonds. The second-order valence-electron chi connectivity index (χ2n) is 4.85. The van der Waals surface area contributed by atoms with Gasteiger partial charge in [-0.15, -0.1) is 0 Å². The maximum absolute atomic E-state index is 6.22. The second-order valence-corrected chi connectivity index (χ2v) is 6.17. The zero-order valence-electron chi connectivity index (χ0n) is 11.3. The van der Waals surface area contributed by atoms with E-state index >= 15 is 0 Å². The summed E-state index contributed by atoms with van der Waals surface area (Å²) in [7, 11) is 0. The van der Waals surface area contributed by atoms with Gasteiger partial charge in [0.1, 0.15) is 0 Å². The Morgan fingerprint density at radius 3 is 2.58 bits per heavy atom. The third-order valence-corrected chi connectivity index (χ3v) is 4.02. The van der Waals surface area contributed by atoms with Crippen molar-refractivity contribution in [2.45, 2.75) is 26.8 Å². The van der Waals surface area contributed by atoms with Crippen molar-refractivity contribution < 1.29 is 0 Å². The topological polar surface area (TPSA) is 12.0 Å². The van der Waals surface area contributed by atoms with Gasteiger partial charge in [0.2, 0.25) is 0 Å². The molecule has 0 saturated heterocycles. The zero-order chi connectivity index (χ0) is 14.0. The summed E-state index contributed by atoms with van der Waals surface area (Å²) in [5, 5.41) is 4.21. The monoisotopic (exact) mass is 337 g/mol. The molecule has 2 aromatic carbocycles. The molecule has 0 aliphatic rings. The number of halogens is 2. The number of nitrogens with one attached hydrogen (secondary N) is 1. The molecule has 0 aliphatic heterocycles. The molecule has 0 saturated carbocycles. The molecule has 0 aliphatic carbocycles. The van der Waals surface area contributed by atoms with Crippen molar-refractivity contribution in [2.75, 3.05) is 5.32 Å². The molecule has 0 heterocycles. The molecule has 1 unspecified atom stereocenters. The van der Waals surface area contributed by atoms with Gasteiger partial charge in [0.25, 0.3) is 0 Å². The van der Waals surface area contributed by atoms with Crippen LogP contribution in [0.25, 0.3) is 0 Å². The molecule has 1 nitrogen and oxygen atoms in total. The molecule has 2 aromatic rings. The first-order valence-electron chi connectivity index (χ1n) is 6.26.